The first-order valence-corrected chi connectivity index (χ1v) is 8.86. The molecule has 25 heavy (non-hydrogen) atoms. The lowest BCUT2D eigenvalue weighted by Crippen LogP contribution is -2.33. The number of aryl methyl sites for hydroxylation is 1. The number of hydrogen-bond acceptors (Lipinski definition) is 3. The van der Waals surface area contributed by atoms with Crippen LogP contribution in [0.15, 0.2) is 36.4 Å². The SMILES string of the molecule is CN(CCC[C@H]1CCCO1)C(=O)Nc1cc(-c2ccccc2)nn1C. The fourth-order valence-corrected chi connectivity index (χ4v) is 3.07. The molecule has 1 aromatic carbocycles. The maximum atomic E-state index is 12.4. The van der Waals surface area contributed by atoms with Crippen LogP contribution >= 0.6 is 0 Å². The molecule has 2 heterocycles. The Morgan fingerprint density at radius 1 is 1.40 bits per heavy atom. The van der Waals surface area contributed by atoms with Gasteiger partial charge in [-0.1, -0.05) is 30.3 Å². The number of nitrogens with one attached hydrogen (secondary N) is 1. The van der Waals surface area contributed by atoms with E-state index in [2.05, 4.69) is 10.4 Å². The van der Waals surface area contributed by atoms with Crippen molar-refractivity contribution in [3.05, 3.63) is 36.4 Å². The summed E-state index contributed by atoms with van der Waals surface area (Å²) in [5, 5.41) is 7.41. The number of amides is 2. The summed E-state index contributed by atoms with van der Waals surface area (Å²) in [6.45, 7) is 1.60. The molecule has 1 atom stereocenters. The second-order valence-corrected chi connectivity index (χ2v) is 6.53. The zero-order valence-electron chi connectivity index (χ0n) is 14.9. The Hall–Kier alpha value is -2.34. The van der Waals surface area contributed by atoms with Gasteiger partial charge >= 0.3 is 6.03 Å². The highest BCUT2D eigenvalue weighted by molar-refractivity contribution is 5.88. The standard InChI is InChI=1S/C19H26N4O2/c1-22(12-6-10-16-11-7-13-25-16)19(24)20-18-14-17(21-23(18)2)15-8-4-3-5-9-15/h3-5,8-9,14,16H,6-7,10-13H2,1-2H3,(H,20,24)/t16-/m0/s1. The van der Waals surface area contributed by atoms with Crippen molar-refractivity contribution in [2.75, 3.05) is 25.5 Å². The molecular formula is C19H26N4O2. The molecule has 2 amide bonds. The van der Waals surface area contributed by atoms with E-state index in [0.29, 0.717) is 11.9 Å². The molecule has 6 nitrogen and oxygen atoms in total. The van der Waals surface area contributed by atoms with Gasteiger partial charge in [0.05, 0.1) is 11.8 Å². The van der Waals surface area contributed by atoms with Crippen LogP contribution in [-0.4, -0.2) is 47.0 Å². The van der Waals surface area contributed by atoms with Crippen molar-refractivity contribution in [3.8, 4) is 11.3 Å². The van der Waals surface area contributed by atoms with E-state index in [0.717, 1.165) is 50.1 Å². The topological polar surface area (TPSA) is 59.4 Å². The van der Waals surface area contributed by atoms with Crippen LogP contribution in [0.2, 0.25) is 0 Å². The molecule has 1 aliphatic heterocycles. The van der Waals surface area contributed by atoms with Crippen LogP contribution < -0.4 is 5.32 Å². The van der Waals surface area contributed by atoms with Crippen LogP contribution in [0.25, 0.3) is 11.3 Å². The van der Waals surface area contributed by atoms with Gasteiger partial charge in [-0.2, -0.15) is 5.10 Å². The average Bonchev–Trinajstić information content (AvgIpc) is 3.26. The van der Waals surface area contributed by atoms with E-state index in [1.54, 1.807) is 9.58 Å². The average molecular weight is 342 g/mol. The van der Waals surface area contributed by atoms with Crippen molar-refractivity contribution in [3.63, 3.8) is 0 Å². The molecule has 0 bridgehead atoms. The fourth-order valence-electron chi connectivity index (χ4n) is 3.07. The number of hydrogen-bond donors (Lipinski definition) is 1. The number of anilines is 1. The molecule has 6 heteroatoms. The summed E-state index contributed by atoms with van der Waals surface area (Å²) in [4.78, 5) is 14.1. The maximum Gasteiger partial charge on any atom is 0.322 e. The number of ether oxygens (including phenoxy) is 1. The van der Waals surface area contributed by atoms with Crippen LogP contribution in [-0.2, 0) is 11.8 Å². The fraction of sp³-hybridized carbons (Fsp3) is 0.474. The van der Waals surface area contributed by atoms with Crippen LogP contribution in [0.1, 0.15) is 25.7 Å². The lowest BCUT2D eigenvalue weighted by molar-refractivity contribution is 0.101. The van der Waals surface area contributed by atoms with Gasteiger partial charge in [0.2, 0.25) is 0 Å². The summed E-state index contributed by atoms with van der Waals surface area (Å²) in [5.41, 5.74) is 1.88. The summed E-state index contributed by atoms with van der Waals surface area (Å²) in [6, 6.07) is 11.7. The smallest absolute Gasteiger partial charge is 0.322 e. The van der Waals surface area contributed by atoms with Crippen LogP contribution in [0, 0.1) is 0 Å². The van der Waals surface area contributed by atoms with Gasteiger partial charge < -0.3 is 9.64 Å². The molecule has 1 aromatic heterocycles. The Morgan fingerprint density at radius 3 is 2.92 bits per heavy atom. The molecule has 134 valence electrons. The first-order chi connectivity index (χ1) is 12.1. The summed E-state index contributed by atoms with van der Waals surface area (Å²) < 4.78 is 7.32. The Bertz CT molecular complexity index is 693. The normalized spacial score (nSPS) is 16.8. The Balaban J connectivity index is 1.52. The number of nitrogens with zero attached hydrogens (tertiary/aromatic N) is 3. The van der Waals surface area contributed by atoms with Crippen molar-refractivity contribution < 1.29 is 9.53 Å². The third-order valence-electron chi connectivity index (χ3n) is 4.57. The van der Waals surface area contributed by atoms with Crippen LogP contribution in [0.3, 0.4) is 0 Å². The Labute approximate surface area is 148 Å². The molecule has 0 aliphatic carbocycles. The molecular weight excluding hydrogens is 316 g/mol. The number of rotatable bonds is 6. The molecule has 1 aliphatic rings. The lowest BCUT2D eigenvalue weighted by atomic mass is 10.1. The zero-order chi connectivity index (χ0) is 17.6. The maximum absolute atomic E-state index is 12.4. The highest BCUT2D eigenvalue weighted by Crippen LogP contribution is 2.21. The summed E-state index contributed by atoms with van der Waals surface area (Å²) in [7, 11) is 3.65. The van der Waals surface area contributed by atoms with E-state index in [4.69, 9.17) is 4.74 Å². The number of carbonyl (C=O) groups excluding carboxylic acids is 1. The molecule has 1 N–H and O–H groups in total. The first kappa shape index (κ1) is 17.5. The van der Waals surface area contributed by atoms with Gasteiger partial charge in [0.15, 0.2) is 0 Å². The molecule has 0 radical (unpaired) electrons. The number of benzene rings is 1. The van der Waals surface area contributed by atoms with Gasteiger partial charge in [0, 0.05) is 38.9 Å². The van der Waals surface area contributed by atoms with Crippen molar-refractivity contribution in [2.24, 2.45) is 7.05 Å². The highest BCUT2D eigenvalue weighted by Gasteiger charge is 2.17. The van der Waals surface area contributed by atoms with E-state index in [1.807, 2.05) is 50.5 Å². The molecule has 1 saturated heterocycles. The molecule has 0 spiro atoms. The van der Waals surface area contributed by atoms with Gasteiger partial charge in [-0.25, -0.2) is 4.79 Å². The highest BCUT2D eigenvalue weighted by atomic mass is 16.5. The quantitative estimate of drug-likeness (QED) is 0.874. The first-order valence-electron chi connectivity index (χ1n) is 8.86. The molecule has 0 saturated carbocycles. The number of urea groups is 1. The van der Waals surface area contributed by atoms with Gasteiger partial charge in [-0.05, 0) is 25.7 Å². The van der Waals surface area contributed by atoms with E-state index >= 15 is 0 Å². The van der Waals surface area contributed by atoms with Crippen molar-refractivity contribution in [1.82, 2.24) is 14.7 Å². The number of aromatic nitrogens is 2. The second-order valence-electron chi connectivity index (χ2n) is 6.53. The lowest BCUT2D eigenvalue weighted by Gasteiger charge is -2.18. The summed E-state index contributed by atoms with van der Waals surface area (Å²) in [5.74, 6) is 0.690. The Morgan fingerprint density at radius 2 is 2.20 bits per heavy atom. The van der Waals surface area contributed by atoms with E-state index in [-0.39, 0.29) is 6.03 Å². The minimum Gasteiger partial charge on any atom is -0.378 e. The van der Waals surface area contributed by atoms with Gasteiger partial charge in [-0.3, -0.25) is 10.00 Å². The largest absolute Gasteiger partial charge is 0.378 e. The molecule has 0 unspecified atom stereocenters. The van der Waals surface area contributed by atoms with Gasteiger partial charge in [0.25, 0.3) is 0 Å². The Kier molecular flexibility index (Phi) is 5.71. The second kappa shape index (κ2) is 8.16. The monoisotopic (exact) mass is 342 g/mol. The third-order valence-corrected chi connectivity index (χ3v) is 4.57. The third kappa shape index (κ3) is 4.60. The molecule has 1 fully saturated rings. The van der Waals surface area contributed by atoms with E-state index in [1.165, 1.54) is 0 Å². The van der Waals surface area contributed by atoms with Gasteiger partial charge in [-0.15, -0.1) is 0 Å². The molecule has 3 rings (SSSR count). The zero-order valence-corrected chi connectivity index (χ0v) is 14.9. The van der Waals surface area contributed by atoms with Gasteiger partial charge in [0.1, 0.15) is 5.82 Å². The minimum absolute atomic E-state index is 0.116. The number of carbonyl (C=O) groups is 1. The van der Waals surface area contributed by atoms with Crippen molar-refractivity contribution >= 4 is 11.8 Å². The van der Waals surface area contributed by atoms with Crippen LogP contribution in [0.5, 0.6) is 0 Å². The van der Waals surface area contributed by atoms with Crippen LogP contribution in [0.4, 0.5) is 10.6 Å². The summed E-state index contributed by atoms with van der Waals surface area (Å²) >= 11 is 0. The van der Waals surface area contributed by atoms with E-state index in [9.17, 15) is 4.79 Å². The summed E-state index contributed by atoms with van der Waals surface area (Å²) in [6.07, 6.45) is 4.65. The predicted octanol–water partition coefficient (Wildman–Crippen LogP) is 3.51. The minimum atomic E-state index is -0.116. The van der Waals surface area contributed by atoms with E-state index < -0.39 is 0 Å². The van der Waals surface area contributed by atoms with Crippen molar-refractivity contribution in [2.45, 2.75) is 31.8 Å². The predicted molar refractivity (Wildman–Crippen MR) is 98.5 cm³/mol. The van der Waals surface area contributed by atoms with Crippen molar-refractivity contribution in [1.29, 1.82) is 0 Å². The molecule has 2 aromatic rings.